The van der Waals surface area contributed by atoms with Crippen LogP contribution >= 0.6 is 0 Å². The molecule has 5 heteroatoms. The number of para-hydroxylation sites is 1. The molecule has 0 bridgehead atoms. The molecule has 2 aromatic heterocycles. The zero-order valence-corrected chi connectivity index (χ0v) is 13.0. The Hall–Kier alpha value is -2.95. The lowest BCUT2D eigenvalue weighted by Crippen LogP contribution is -2.33. The van der Waals surface area contributed by atoms with Crippen molar-refractivity contribution in [2.75, 3.05) is 6.54 Å². The first kappa shape index (κ1) is 14.6. The van der Waals surface area contributed by atoms with Crippen LogP contribution in [0.5, 0.6) is 0 Å². The van der Waals surface area contributed by atoms with Gasteiger partial charge in [-0.15, -0.1) is 0 Å². The second-order valence-corrected chi connectivity index (χ2v) is 5.93. The molecule has 1 atom stereocenters. The second-order valence-electron chi connectivity index (χ2n) is 5.93. The van der Waals surface area contributed by atoms with Crippen molar-refractivity contribution < 1.29 is 9.21 Å². The molecule has 5 nitrogen and oxygen atoms in total. The highest BCUT2D eigenvalue weighted by molar-refractivity contribution is 5.97. The molecule has 1 fully saturated rings. The first-order chi connectivity index (χ1) is 11.7. The maximum atomic E-state index is 12.9. The lowest BCUT2D eigenvalue weighted by atomic mass is 10.1. The van der Waals surface area contributed by atoms with Crippen molar-refractivity contribution in [2.45, 2.75) is 18.9 Å². The topological polar surface area (TPSA) is 63.4 Å². The number of rotatable bonds is 2. The summed E-state index contributed by atoms with van der Waals surface area (Å²) in [4.78, 5) is 31.1. The van der Waals surface area contributed by atoms with Crippen LogP contribution in [0, 0.1) is 0 Å². The maximum Gasteiger partial charge on any atom is 0.349 e. The Labute approximate surface area is 138 Å². The van der Waals surface area contributed by atoms with E-state index in [1.807, 2.05) is 24.3 Å². The highest BCUT2D eigenvalue weighted by Gasteiger charge is 2.32. The zero-order chi connectivity index (χ0) is 16.5. The molecule has 0 radical (unpaired) electrons. The first-order valence-electron chi connectivity index (χ1n) is 7.98. The fraction of sp³-hybridized carbons (Fsp3) is 0.211. The molecule has 0 spiro atoms. The number of carbonyl (C=O) groups is 1. The van der Waals surface area contributed by atoms with Gasteiger partial charge >= 0.3 is 5.63 Å². The minimum Gasteiger partial charge on any atom is -0.422 e. The van der Waals surface area contributed by atoms with Gasteiger partial charge in [0.2, 0.25) is 0 Å². The number of nitrogens with zero attached hydrogens (tertiary/aromatic N) is 2. The SMILES string of the molecule is O=C(c1cc2ccccc2oc1=O)N1CCCC1c1cccnc1. The fourth-order valence-electron chi connectivity index (χ4n) is 3.30. The first-order valence-corrected chi connectivity index (χ1v) is 7.98. The lowest BCUT2D eigenvalue weighted by Gasteiger charge is -2.24. The molecule has 1 aliphatic heterocycles. The molecule has 120 valence electrons. The summed E-state index contributed by atoms with van der Waals surface area (Å²) in [6, 6.07) is 12.6. The zero-order valence-electron chi connectivity index (χ0n) is 13.0. The average molecular weight is 320 g/mol. The van der Waals surface area contributed by atoms with E-state index in [0.29, 0.717) is 12.1 Å². The van der Waals surface area contributed by atoms with Gasteiger partial charge in [0.05, 0.1) is 6.04 Å². The van der Waals surface area contributed by atoms with Crippen molar-refractivity contribution in [3.63, 3.8) is 0 Å². The molecule has 3 heterocycles. The van der Waals surface area contributed by atoms with Crippen LogP contribution in [-0.2, 0) is 0 Å². The van der Waals surface area contributed by atoms with Crippen LogP contribution < -0.4 is 5.63 Å². The number of aromatic nitrogens is 1. The highest BCUT2D eigenvalue weighted by Crippen LogP contribution is 2.32. The van der Waals surface area contributed by atoms with E-state index < -0.39 is 5.63 Å². The fourth-order valence-corrected chi connectivity index (χ4v) is 3.30. The number of amides is 1. The van der Waals surface area contributed by atoms with Crippen LogP contribution in [0.1, 0.15) is 34.8 Å². The normalized spacial score (nSPS) is 17.3. The number of hydrogen-bond acceptors (Lipinski definition) is 4. The monoisotopic (exact) mass is 320 g/mol. The van der Waals surface area contributed by atoms with Crippen LogP contribution in [0.3, 0.4) is 0 Å². The minimum absolute atomic E-state index is 0.0444. The molecule has 1 aromatic carbocycles. The highest BCUT2D eigenvalue weighted by atomic mass is 16.4. The van der Waals surface area contributed by atoms with Crippen molar-refractivity contribution in [1.82, 2.24) is 9.88 Å². The predicted molar refractivity (Wildman–Crippen MR) is 89.7 cm³/mol. The number of benzene rings is 1. The standard InChI is InChI=1S/C19H16N2O3/c22-18(15-11-13-5-1-2-8-17(13)24-19(15)23)21-10-4-7-16(21)14-6-3-9-20-12-14/h1-3,5-6,8-9,11-12,16H,4,7,10H2. The van der Waals surface area contributed by atoms with E-state index in [9.17, 15) is 9.59 Å². The van der Waals surface area contributed by atoms with E-state index in [4.69, 9.17) is 4.42 Å². The summed E-state index contributed by atoms with van der Waals surface area (Å²) in [7, 11) is 0. The van der Waals surface area contributed by atoms with E-state index in [1.54, 1.807) is 35.5 Å². The van der Waals surface area contributed by atoms with E-state index in [2.05, 4.69) is 4.98 Å². The van der Waals surface area contributed by atoms with Crippen LogP contribution in [0.25, 0.3) is 11.0 Å². The van der Waals surface area contributed by atoms with Crippen molar-refractivity contribution >= 4 is 16.9 Å². The third-order valence-corrected chi connectivity index (χ3v) is 4.45. The molecular weight excluding hydrogens is 304 g/mol. The summed E-state index contributed by atoms with van der Waals surface area (Å²) in [6.07, 6.45) is 5.27. The summed E-state index contributed by atoms with van der Waals surface area (Å²) >= 11 is 0. The van der Waals surface area contributed by atoms with E-state index >= 15 is 0 Å². The largest absolute Gasteiger partial charge is 0.422 e. The van der Waals surface area contributed by atoms with Gasteiger partial charge in [-0.3, -0.25) is 9.78 Å². The van der Waals surface area contributed by atoms with Gasteiger partial charge in [0.25, 0.3) is 5.91 Å². The summed E-state index contributed by atoms with van der Waals surface area (Å²) in [5.74, 6) is -0.277. The Balaban J connectivity index is 1.73. The molecule has 3 aromatic rings. The molecule has 0 aliphatic carbocycles. The van der Waals surface area contributed by atoms with Crippen molar-refractivity contribution in [2.24, 2.45) is 0 Å². The van der Waals surface area contributed by atoms with Gasteiger partial charge < -0.3 is 9.32 Å². The smallest absolute Gasteiger partial charge is 0.349 e. The number of hydrogen-bond donors (Lipinski definition) is 0. The van der Waals surface area contributed by atoms with Gasteiger partial charge in [0, 0.05) is 24.3 Å². The van der Waals surface area contributed by atoms with Crippen LogP contribution in [0.2, 0.25) is 0 Å². The molecule has 0 N–H and O–H groups in total. The molecule has 1 amide bonds. The van der Waals surface area contributed by atoms with Gasteiger partial charge in [0.15, 0.2) is 0 Å². The van der Waals surface area contributed by atoms with E-state index in [0.717, 1.165) is 23.8 Å². The van der Waals surface area contributed by atoms with Crippen molar-refractivity contribution in [3.8, 4) is 0 Å². The third-order valence-electron chi connectivity index (χ3n) is 4.45. The molecule has 24 heavy (non-hydrogen) atoms. The summed E-state index contributed by atoms with van der Waals surface area (Å²) in [5.41, 5.74) is 0.984. The van der Waals surface area contributed by atoms with E-state index in [-0.39, 0.29) is 17.5 Å². The lowest BCUT2D eigenvalue weighted by molar-refractivity contribution is 0.0731. The van der Waals surface area contributed by atoms with Gasteiger partial charge in [-0.2, -0.15) is 0 Å². The maximum absolute atomic E-state index is 12.9. The Bertz CT molecular complexity index is 949. The van der Waals surface area contributed by atoms with Crippen molar-refractivity contribution in [3.05, 3.63) is 76.4 Å². The number of fused-ring (bicyclic) bond motifs is 1. The molecule has 0 saturated carbocycles. The predicted octanol–water partition coefficient (Wildman–Crippen LogP) is 3.17. The Morgan fingerprint density at radius 1 is 1.21 bits per heavy atom. The molecule has 1 unspecified atom stereocenters. The van der Waals surface area contributed by atoms with Gasteiger partial charge in [-0.25, -0.2) is 4.79 Å². The Morgan fingerprint density at radius 2 is 2.08 bits per heavy atom. The quantitative estimate of drug-likeness (QED) is 0.680. The molecular formula is C19H16N2O3. The van der Waals surface area contributed by atoms with Gasteiger partial charge in [0.1, 0.15) is 11.1 Å². The van der Waals surface area contributed by atoms with Crippen LogP contribution in [-0.4, -0.2) is 22.3 Å². The van der Waals surface area contributed by atoms with E-state index in [1.165, 1.54) is 0 Å². The van der Waals surface area contributed by atoms with Gasteiger partial charge in [-0.1, -0.05) is 24.3 Å². The average Bonchev–Trinajstić information content (AvgIpc) is 3.11. The summed E-state index contributed by atoms with van der Waals surface area (Å²) in [6.45, 7) is 0.630. The number of likely N-dealkylation sites (tertiary alicyclic amines) is 1. The summed E-state index contributed by atoms with van der Waals surface area (Å²) < 4.78 is 5.30. The molecule has 1 aliphatic rings. The minimum atomic E-state index is -0.587. The number of carbonyl (C=O) groups excluding carboxylic acids is 1. The second kappa shape index (κ2) is 5.92. The third kappa shape index (κ3) is 2.48. The Kier molecular flexibility index (Phi) is 3.61. The number of pyridine rings is 1. The van der Waals surface area contributed by atoms with Crippen LogP contribution in [0.4, 0.5) is 0 Å². The van der Waals surface area contributed by atoms with Gasteiger partial charge in [-0.05, 0) is 36.6 Å². The molecule has 4 rings (SSSR count). The van der Waals surface area contributed by atoms with Crippen molar-refractivity contribution in [1.29, 1.82) is 0 Å². The van der Waals surface area contributed by atoms with Crippen LogP contribution in [0.15, 0.2) is 64.1 Å². The Morgan fingerprint density at radius 3 is 2.92 bits per heavy atom. The molecule has 1 saturated heterocycles. The summed E-state index contributed by atoms with van der Waals surface area (Å²) in [5, 5.41) is 0.748.